The minimum absolute atomic E-state index is 0.0230. The minimum atomic E-state index is -4.39. The van der Waals surface area contributed by atoms with Gasteiger partial charge in [0.1, 0.15) is 9.76 Å². The van der Waals surface area contributed by atoms with Crippen LogP contribution in [0.4, 0.5) is 13.2 Å². The van der Waals surface area contributed by atoms with Crippen molar-refractivity contribution in [3.8, 4) is 0 Å². The summed E-state index contributed by atoms with van der Waals surface area (Å²) in [5.74, 6) is 0. The number of aromatic nitrogens is 1. The SMILES string of the molecule is FC(F)(F)c1ccc(Cl)nc1Br. The molecule has 0 spiro atoms. The van der Waals surface area contributed by atoms with Gasteiger partial charge in [0.05, 0.1) is 5.56 Å². The van der Waals surface area contributed by atoms with E-state index in [1.54, 1.807) is 0 Å². The molecule has 0 fully saturated rings. The normalized spacial score (nSPS) is 11.8. The second-order valence-corrected chi connectivity index (χ2v) is 3.11. The molecule has 0 aliphatic heterocycles. The van der Waals surface area contributed by atoms with Gasteiger partial charge in [-0.3, -0.25) is 0 Å². The van der Waals surface area contributed by atoms with E-state index in [-0.39, 0.29) is 9.76 Å². The molecule has 1 rings (SSSR count). The van der Waals surface area contributed by atoms with Gasteiger partial charge >= 0.3 is 6.18 Å². The van der Waals surface area contributed by atoms with Crippen molar-refractivity contribution in [1.29, 1.82) is 0 Å². The summed E-state index contributed by atoms with van der Waals surface area (Å²) in [7, 11) is 0. The molecule has 0 bridgehead atoms. The van der Waals surface area contributed by atoms with Crippen molar-refractivity contribution in [3.63, 3.8) is 0 Å². The zero-order valence-corrected chi connectivity index (χ0v) is 7.83. The van der Waals surface area contributed by atoms with Crippen LogP contribution in [0.15, 0.2) is 16.7 Å². The number of alkyl halides is 3. The summed E-state index contributed by atoms with van der Waals surface area (Å²) in [6.07, 6.45) is -4.39. The molecule has 0 saturated carbocycles. The number of hydrogen-bond donors (Lipinski definition) is 0. The zero-order valence-electron chi connectivity index (χ0n) is 5.49. The van der Waals surface area contributed by atoms with Crippen LogP contribution in [0.5, 0.6) is 0 Å². The number of pyridine rings is 1. The largest absolute Gasteiger partial charge is 0.419 e. The fraction of sp³-hybridized carbons (Fsp3) is 0.167. The third kappa shape index (κ3) is 2.10. The van der Waals surface area contributed by atoms with Crippen LogP contribution in [0.25, 0.3) is 0 Å². The Labute approximate surface area is 79.7 Å². The second-order valence-electron chi connectivity index (χ2n) is 1.97. The van der Waals surface area contributed by atoms with Crippen molar-refractivity contribution in [2.24, 2.45) is 0 Å². The summed E-state index contributed by atoms with van der Waals surface area (Å²) < 4.78 is 35.9. The molecule has 0 amide bonds. The molecule has 1 aromatic rings. The lowest BCUT2D eigenvalue weighted by atomic mass is 10.3. The molecule has 0 radical (unpaired) electrons. The average molecular weight is 260 g/mol. The van der Waals surface area contributed by atoms with Gasteiger partial charge < -0.3 is 0 Å². The van der Waals surface area contributed by atoms with E-state index in [0.29, 0.717) is 0 Å². The van der Waals surface area contributed by atoms with Gasteiger partial charge in [0.25, 0.3) is 0 Å². The molecular formula is C6H2BrClF3N. The smallest absolute Gasteiger partial charge is 0.229 e. The van der Waals surface area contributed by atoms with Crippen LogP contribution < -0.4 is 0 Å². The number of hydrogen-bond acceptors (Lipinski definition) is 1. The first kappa shape index (κ1) is 9.80. The van der Waals surface area contributed by atoms with Crippen LogP contribution >= 0.6 is 27.5 Å². The molecular weight excluding hydrogens is 258 g/mol. The minimum Gasteiger partial charge on any atom is -0.229 e. The van der Waals surface area contributed by atoms with E-state index in [9.17, 15) is 13.2 Å². The second kappa shape index (κ2) is 3.22. The Morgan fingerprint density at radius 3 is 2.33 bits per heavy atom. The Bertz CT molecular complexity index is 299. The molecule has 0 N–H and O–H groups in total. The fourth-order valence-electron chi connectivity index (χ4n) is 0.624. The van der Waals surface area contributed by atoms with Crippen LogP contribution in [0, 0.1) is 0 Å². The van der Waals surface area contributed by atoms with E-state index in [0.717, 1.165) is 12.1 Å². The maximum atomic E-state index is 12.1. The molecule has 1 aromatic heterocycles. The summed E-state index contributed by atoms with van der Waals surface area (Å²) in [4.78, 5) is 3.40. The monoisotopic (exact) mass is 259 g/mol. The molecule has 0 saturated heterocycles. The first-order valence-corrected chi connectivity index (χ1v) is 3.97. The average Bonchev–Trinajstić information content (AvgIpc) is 1.83. The van der Waals surface area contributed by atoms with Gasteiger partial charge in [-0.2, -0.15) is 13.2 Å². The molecule has 0 atom stereocenters. The predicted octanol–water partition coefficient (Wildman–Crippen LogP) is 3.52. The highest BCUT2D eigenvalue weighted by Gasteiger charge is 2.33. The van der Waals surface area contributed by atoms with E-state index in [2.05, 4.69) is 20.9 Å². The summed E-state index contributed by atoms with van der Waals surface area (Å²) in [5.41, 5.74) is -0.827. The lowest BCUT2D eigenvalue weighted by Gasteiger charge is -2.07. The molecule has 0 unspecified atom stereocenters. The summed E-state index contributed by atoms with van der Waals surface area (Å²) in [6.45, 7) is 0. The highest BCUT2D eigenvalue weighted by molar-refractivity contribution is 9.10. The van der Waals surface area contributed by atoms with Crippen LogP contribution in [0.2, 0.25) is 5.15 Å². The highest BCUT2D eigenvalue weighted by atomic mass is 79.9. The van der Waals surface area contributed by atoms with Crippen LogP contribution in [0.1, 0.15) is 5.56 Å². The van der Waals surface area contributed by atoms with E-state index in [1.807, 2.05) is 0 Å². The molecule has 6 heteroatoms. The standard InChI is InChI=1S/C6H2BrClF3N/c7-5-3(6(9,10)11)1-2-4(8)12-5/h1-2H. The summed E-state index contributed by atoms with van der Waals surface area (Å²) in [6, 6.07) is 1.97. The molecule has 1 heterocycles. The first-order valence-electron chi connectivity index (χ1n) is 2.80. The van der Waals surface area contributed by atoms with Gasteiger partial charge in [-0.05, 0) is 28.1 Å². The Kier molecular flexibility index (Phi) is 2.63. The maximum Gasteiger partial charge on any atom is 0.419 e. The van der Waals surface area contributed by atoms with Gasteiger partial charge in [0.15, 0.2) is 0 Å². The highest BCUT2D eigenvalue weighted by Crippen LogP contribution is 2.34. The fourth-order valence-corrected chi connectivity index (χ4v) is 1.42. The van der Waals surface area contributed by atoms with E-state index in [1.165, 1.54) is 0 Å². The van der Waals surface area contributed by atoms with E-state index in [4.69, 9.17) is 11.6 Å². The number of rotatable bonds is 0. The van der Waals surface area contributed by atoms with Crippen LogP contribution in [-0.2, 0) is 6.18 Å². The van der Waals surface area contributed by atoms with Crippen LogP contribution in [0.3, 0.4) is 0 Å². The maximum absolute atomic E-state index is 12.1. The van der Waals surface area contributed by atoms with E-state index >= 15 is 0 Å². The van der Waals surface area contributed by atoms with Gasteiger partial charge in [0, 0.05) is 0 Å². The van der Waals surface area contributed by atoms with Crippen molar-refractivity contribution in [2.45, 2.75) is 6.18 Å². The Morgan fingerprint density at radius 2 is 1.92 bits per heavy atom. The molecule has 1 nitrogen and oxygen atoms in total. The van der Waals surface area contributed by atoms with Gasteiger partial charge in [0.2, 0.25) is 0 Å². The van der Waals surface area contributed by atoms with Gasteiger partial charge in [-0.15, -0.1) is 0 Å². The molecule has 12 heavy (non-hydrogen) atoms. The van der Waals surface area contributed by atoms with Crippen molar-refractivity contribution >= 4 is 27.5 Å². The Hall–Kier alpha value is -0.290. The van der Waals surface area contributed by atoms with Gasteiger partial charge in [-0.25, -0.2) is 4.98 Å². The third-order valence-electron chi connectivity index (χ3n) is 1.12. The van der Waals surface area contributed by atoms with Crippen molar-refractivity contribution in [3.05, 3.63) is 27.5 Å². The number of nitrogens with zero attached hydrogens (tertiary/aromatic N) is 1. The number of halogens is 5. The zero-order chi connectivity index (χ0) is 9.35. The Balaban J connectivity index is 3.19. The molecule has 0 aromatic carbocycles. The molecule has 0 aliphatic rings. The van der Waals surface area contributed by atoms with Gasteiger partial charge in [-0.1, -0.05) is 11.6 Å². The lowest BCUT2D eigenvalue weighted by molar-refractivity contribution is -0.138. The molecule has 66 valence electrons. The van der Waals surface area contributed by atoms with Crippen molar-refractivity contribution < 1.29 is 13.2 Å². The van der Waals surface area contributed by atoms with Crippen LogP contribution in [-0.4, -0.2) is 4.98 Å². The summed E-state index contributed by atoms with van der Waals surface area (Å²) >= 11 is 8.03. The predicted molar refractivity (Wildman–Crippen MR) is 41.9 cm³/mol. The third-order valence-corrected chi connectivity index (χ3v) is 1.94. The lowest BCUT2D eigenvalue weighted by Crippen LogP contribution is -2.06. The van der Waals surface area contributed by atoms with Crippen molar-refractivity contribution in [2.75, 3.05) is 0 Å². The van der Waals surface area contributed by atoms with Crippen molar-refractivity contribution in [1.82, 2.24) is 4.98 Å². The topological polar surface area (TPSA) is 12.9 Å². The first-order chi connectivity index (χ1) is 5.41. The Morgan fingerprint density at radius 1 is 1.33 bits per heavy atom. The molecule has 0 aliphatic carbocycles. The van der Waals surface area contributed by atoms with E-state index < -0.39 is 11.7 Å². The summed E-state index contributed by atoms with van der Waals surface area (Å²) in [5, 5.41) is 0.0230. The quantitative estimate of drug-likeness (QED) is 0.650.